The Morgan fingerprint density at radius 1 is 1.17 bits per heavy atom. The van der Waals surface area contributed by atoms with Gasteiger partial charge >= 0.3 is 5.97 Å². The van der Waals surface area contributed by atoms with Gasteiger partial charge in [0.15, 0.2) is 0 Å². The summed E-state index contributed by atoms with van der Waals surface area (Å²) in [6.45, 7) is 14.0. The first-order valence-electron chi connectivity index (χ1n) is 9.48. The summed E-state index contributed by atoms with van der Waals surface area (Å²) in [5.41, 5.74) is 2.01. The van der Waals surface area contributed by atoms with Crippen molar-refractivity contribution in [1.29, 1.82) is 0 Å². The van der Waals surface area contributed by atoms with Crippen LogP contribution in [0.4, 0.5) is 0 Å². The van der Waals surface area contributed by atoms with Gasteiger partial charge in [0.05, 0.1) is 11.4 Å². The normalized spacial score (nSPS) is 16.7. The van der Waals surface area contributed by atoms with Crippen LogP contribution in [-0.2, 0) is 25.2 Å². The molecule has 2 rings (SSSR count). The lowest BCUT2D eigenvalue weighted by atomic mass is 9.78. The summed E-state index contributed by atoms with van der Waals surface area (Å²) in [5, 5.41) is 10.9. The minimum atomic E-state index is -0.389. The second-order valence-corrected chi connectivity index (χ2v) is 10.8. The molecule has 0 radical (unpaired) electrons. The standard InChI is InChI=1S/C22H29NO4S2/c1-13(24)27-9-8-23-19(26)17(29-20(23)28)12-14-10-15(21(2,3)4)18(25)16(11-14)22(5,6)7/h10-12,25H,8-9H2,1-7H3/b17-12-. The van der Waals surface area contributed by atoms with E-state index in [1.54, 1.807) is 0 Å². The lowest BCUT2D eigenvalue weighted by Crippen LogP contribution is -2.31. The van der Waals surface area contributed by atoms with Gasteiger partial charge < -0.3 is 9.84 Å². The Hall–Kier alpha value is -1.86. The molecule has 7 heteroatoms. The highest BCUT2D eigenvalue weighted by Gasteiger charge is 2.32. The molecule has 0 saturated carbocycles. The molecule has 0 spiro atoms. The topological polar surface area (TPSA) is 66.8 Å². The van der Waals surface area contributed by atoms with Crippen molar-refractivity contribution < 1.29 is 19.4 Å². The van der Waals surface area contributed by atoms with Crippen LogP contribution in [0.5, 0.6) is 5.75 Å². The van der Waals surface area contributed by atoms with Crippen molar-refractivity contribution in [3.63, 3.8) is 0 Å². The fourth-order valence-electron chi connectivity index (χ4n) is 3.01. The molecule has 1 aromatic rings. The number of esters is 1. The number of carbonyl (C=O) groups excluding carboxylic acids is 2. The van der Waals surface area contributed by atoms with Crippen LogP contribution in [0.1, 0.15) is 65.2 Å². The third-order valence-corrected chi connectivity index (χ3v) is 5.92. The van der Waals surface area contributed by atoms with E-state index in [2.05, 4.69) is 0 Å². The van der Waals surface area contributed by atoms with Crippen LogP contribution in [0, 0.1) is 0 Å². The molecule has 29 heavy (non-hydrogen) atoms. The molecule has 1 fully saturated rings. The van der Waals surface area contributed by atoms with Crippen LogP contribution in [0.2, 0.25) is 0 Å². The van der Waals surface area contributed by atoms with Crippen LogP contribution in [0.15, 0.2) is 17.0 Å². The molecule has 1 aliphatic rings. The van der Waals surface area contributed by atoms with Gasteiger partial charge in [0.2, 0.25) is 0 Å². The zero-order valence-corrected chi connectivity index (χ0v) is 19.7. The van der Waals surface area contributed by atoms with Crippen LogP contribution in [-0.4, -0.2) is 39.4 Å². The monoisotopic (exact) mass is 435 g/mol. The van der Waals surface area contributed by atoms with Gasteiger partial charge in [-0.1, -0.05) is 65.5 Å². The predicted molar refractivity (Wildman–Crippen MR) is 122 cm³/mol. The molecule has 0 unspecified atom stereocenters. The van der Waals surface area contributed by atoms with E-state index in [4.69, 9.17) is 17.0 Å². The number of thioether (sulfide) groups is 1. The first-order chi connectivity index (χ1) is 13.2. The quantitative estimate of drug-likeness (QED) is 0.418. The number of ether oxygens (including phenoxy) is 1. The highest BCUT2D eigenvalue weighted by molar-refractivity contribution is 8.26. The number of benzene rings is 1. The molecule has 1 N–H and O–H groups in total. The highest BCUT2D eigenvalue weighted by Crippen LogP contribution is 2.41. The summed E-state index contributed by atoms with van der Waals surface area (Å²) in [7, 11) is 0. The number of rotatable bonds is 4. The number of aromatic hydroxyl groups is 1. The molecule has 1 saturated heterocycles. The van der Waals surface area contributed by atoms with Crippen LogP contribution < -0.4 is 0 Å². The van der Waals surface area contributed by atoms with Crippen molar-refractivity contribution in [2.24, 2.45) is 0 Å². The average Bonchev–Trinajstić information content (AvgIpc) is 2.81. The maximum Gasteiger partial charge on any atom is 0.302 e. The van der Waals surface area contributed by atoms with Gasteiger partial charge in [0.1, 0.15) is 16.7 Å². The van der Waals surface area contributed by atoms with Gasteiger partial charge in [-0.3, -0.25) is 14.5 Å². The zero-order chi connectivity index (χ0) is 22.1. The SMILES string of the molecule is CC(=O)OCCN1C(=O)/C(=C/c2cc(C(C)(C)C)c(O)c(C(C)(C)C)c2)SC1=S. The molecule has 1 heterocycles. The molecule has 0 atom stereocenters. The number of amides is 1. The van der Waals surface area contributed by atoms with E-state index < -0.39 is 0 Å². The van der Waals surface area contributed by atoms with E-state index in [-0.39, 0.29) is 35.9 Å². The van der Waals surface area contributed by atoms with Gasteiger partial charge in [-0.2, -0.15) is 0 Å². The first kappa shape index (κ1) is 23.4. The van der Waals surface area contributed by atoms with Gasteiger partial charge in [0, 0.05) is 18.1 Å². The second kappa shape index (κ2) is 8.48. The van der Waals surface area contributed by atoms with Gasteiger partial charge in [-0.25, -0.2) is 0 Å². The van der Waals surface area contributed by atoms with E-state index in [1.807, 2.05) is 59.8 Å². The molecule has 1 amide bonds. The Morgan fingerprint density at radius 3 is 2.14 bits per heavy atom. The van der Waals surface area contributed by atoms with Crippen molar-refractivity contribution in [1.82, 2.24) is 4.90 Å². The smallest absolute Gasteiger partial charge is 0.302 e. The van der Waals surface area contributed by atoms with E-state index in [0.29, 0.717) is 15.0 Å². The van der Waals surface area contributed by atoms with Gasteiger partial charge in [-0.15, -0.1) is 0 Å². The summed E-state index contributed by atoms with van der Waals surface area (Å²) >= 11 is 6.56. The van der Waals surface area contributed by atoms with Crippen molar-refractivity contribution in [3.05, 3.63) is 33.7 Å². The van der Waals surface area contributed by atoms with Crippen molar-refractivity contribution in [2.45, 2.75) is 59.3 Å². The van der Waals surface area contributed by atoms with Crippen LogP contribution in [0.3, 0.4) is 0 Å². The summed E-state index contributed by atoms with van der Waals surface area (Å²) < 4.78 is 5.37. The summed E-state index contributed by atoms with van der Waals surface area (Å²) in [5.74, 6) is -0.287. The number of hydrogen-bond acceptors (Lipinski definition) is 6. The largest absolute Gasteiger partial charge is 0.507 e. The molecule has 0 bridgehead atoms. The lowest BCUT2D eigenvalue weighted by Gasteiger charge is -2.28. The molecule has 1 aliphatic heterocycles. The fraction of sp³-hybridized carbons (Fsp3) is 0.500. The van der Waals surface area contributed by atoms with Crippen molar-refractivity contribution >= 4 is 46.3 Å². The number of nitrogens with zero attached hydrogens (tertiary/aromatic N) is 1. The summed E-state index contributed by atoms with van der Waals surface area (Å²) in [4.78, 5) is 25.7. The molecule has 5 nitrogen and oxygen atoms in total. The Kier molecular flexibility index (Phi) is 6.85. The molecule has 158 valence electrons. The van der Waals surface area contributed by atoms with Gasteiger partial charge in [0.25, 0.3) is 5.91 Å². The third kappa shape index (κ3) is 5.60. The molecule has 1 aromatic carbocycles. The number of phenols is 1. The summed E-state index contributed by atoms with van der Waals surface area (Å²) in [6.07, 6.45) is 1.81. The Labute approximate surface area is 182 Å². The third-order valence-electron chi connectivity index (χ3n) is 4.54. The number of hydrogen-bond donors (Lipinski definition) is 1. The highest BCUT2D eigenvalue weighted by atomic mass is 32.2. The average molecular weight is 436 g/mol. The van der Waals surface area contributed by atoms with Crippen LogP contribution >= 0.6 is 24.0 Å². The molecule has 0 aromatic heterocycles. The minimum Gasteiger partial charge on any atom is -0.507 e. The molecular formula is C22H29NO4S2. The Morgan fingerprint density at radius 2 is 1.69 bits per heavy atom. The second-order valence-electron chi connectivity index (χ2n) is 9.14. The molecule has 0 aliphatic carbocycles. The van der Waals surface area contributed by atoms with Gasteiger partial charge in [-0.05, 0) is 34.6 Å². The first-order valence-corrected chi connectivity index (χ1v) is 10.7. The van der Waals surface area contributed by atoms with E-state index in [9.17, 15) is 14.7 Å². The zero-order valence-electron chi connectivity index (χ0n) is 18.1. The number of thiocarbonyl (C=S) groups is 1. The van der Waals surface area contributed by atoms with Crippen LogP contribution in [0.25, 0.3) is 6.08 Å². The van der Waals surface area contributed by atoms with E-state index >= 15 is 0 Å². The van der Waals surface area contributed by atoms with Crippen molar-refractivity contribution in [2.75, 3.05) is 13.2 Å². The van der Waals surface area contributed by atoms with E-state index in [1.165, 1.54) is 23.6 Å². The lowest BCUT2D eigenvalue weighted by molar-refractivity contribution is -0.142. The van der Waals surface area contributed by atoms with E-state index in [0.717, 1.165) is 16.7 Å². The predicted octanol–water partition coefficient (Wildman–Crippen LogP) is 4.75. The Bertz CT molecular complexity index is 841. The Balaban J connectivity index is 2.42. The maximum absolute atomic E-state index is 12.8. The number of carbonyl (C=O) groups is 2. The maximum atomic E-state index is 12.8. The minimum absolute atomic E-state index is 0.108. The fourth-order valence-corrected chi connectivity index (χ4v) is 4.32. The molecular weight excluding hydrogens is 406 g/mol. The number of phenolic OH excluding ortho intramolecular Hbond substituents is 1. The van der Waals surface area contributed by atoms with Crippen molar-refractivity contribution in [3.8, 4) is 5.75 Å². The summed E-state index contributed by atoms with van der Waals surface area (Å²) in [6, 6.07) is 3.85.